The number of carbonyl (C=O) groups is 1. The highest BCUT2D eigenvalue weighted by Crippen LogP contribution is 2.40. The monoisotopic (exact) mass is 204 g/mol. The predicted molar refractivity (Wildman–Crippen MR) is 64.7 cm³/mol. The molecule has 0 N–H and O–H groups in total. The van der Waals surface area contributed by atoms with E-state index in [2.05, 4.69) is 32.9 Å². The molecule has 1 aliphatic rings. The molecular formula is C14H20O. The van der Waals surface area contributed by atoms with Gasteiger partial charge in [-0.2, -0.15) is 0 Å². The largest absolute Gasteiger partial charge is 0.298 e. The maximum atomic E-state index is 10.5. The van der Waals surface area contributed by atoms with Gasteiger partial charge in [0, 0.05) is 0 Å². The van der Waals surface area contributed by atoms with E-state index >= 15 is 0 Å². The normalized spacial score (nSPS) is 23.9. The molecule has 1 aliphatic carbocycles. The van der Waals surface area contributed by atoms with Crippen LogP contribution >= 0.6 is 0 Å². The summed E-state index contributed by atoms with van der Waals surface area (Å²) in [5.74, 6) is 0. The average Bonchev–Trinajstić information content (AvgIpc) is 2.15. The van der Waals surface area contributed by atoms with Gasteiger partial charge in [-0.05, 0) is 43.3 Å². The standard InChI is InChI=1S/C14H20O/c1-11(10-15)7-8-13-12(2)6-5-9-14(13,3)4/h6-8,10H,5,9H2,1-4H3/b11-7+,13-8-. The molecule has 1 nitrogen and oxygen atoms in total. The van der Waals surface area contributed by atoms with Crippen molar-refractivity contribution in [1.82, 2.24) is 0 Å². The first-order valence-corrected chi connectivity index (χ1v) is 5.49. The molecule has 0 aromatic carbocycles. The summed E-state index contributed by atoms with van der Waals surface area (Å²) in [5, 5.41) is 0. The molecule has 1 rings (SSSR count). The molecule has 1 heteroatoms. The number of allylic oxidation sites excluding steroid dienone is 6. The van der Waals surface area contributed by atoms with Gasteiger partial charge in [-0.25, -0.2) is 0 Å². The zero-order chi connectivity index (χ0) is 11.5. The topological polar surface area (TPSA) is 17.1 Å². The molecule has 0 aromatic rings. The molecule has 0 aliphatic heterocycles. The van der Waals surface area contributed by atoms with Crippen molar-refractivity contribution in [2.45, 2.75) is 40.5 Å². The Balaban J connectivity index is 3.04. The minimum Gasteiger partial charge on any atom is -0.298 e. The van der Waals surface area contributed by atoms with Gasteiger partial charge in [-0.1, -0.05) is 37.6 Å². The summed E-state index contributed by atoms with van der Waals surface area (Å²) in [7, 11) is 0. The predicted octanol–water partition coefficient (Wildman–Crippen LogP) is 3.82. The average molecular weight is 204 g/mol. The van der Waals surface area contributed by atoms with Gasteiger partial charge in [0.1, 0.15) is 6.29 Å². The lowest BCUT2D eigenvalue weighted by atomic mass is 9.73. The molecule has 0 fully saturated rings. The first-order chi connectivity index (χ1) is 6.97. The Morgan fingerprint density at radius 1 is 1.47 bits per heavy atom. The van der Waals surface area contributed by atoms with Crippen molar-refractivity contribution in [3.63, 3.8) is 0 Å². The van der Waals surface area contributed by atoms with E-state index in [-0.39, 0.29) is 5.41 Å². The zero-order valence-corrected chi connectivity index (χ0v) is 10.1. The van der Waals surface area contributed by atoms with Crippen molar-refractivity contribution in [2.24, 2.45) is 5.41 Å². The van der Waals surface area contributed by atoms with Crippen LogP contribution in [0.3, 0.4) is 0 Å². The van der Waals surface area contributed by atoms with Crippen molar-refractivity contribution < 1.29 is 4.79 Å². The summed E-state index contributed by atoms with van der Waals surface area (Å²) in [5.41, 5.74) is 3.71. The number of hydrogen-bond acceptors (Lipinski definition) is 1. The summed E-state index contributed by atoms with van der Waals surface area (Å²) in [6.07, 6.45) is 9.52. The van der Waals surface area contributed by atoms with Gasteiger partial charge >= 0.3 is 0 Å². The molecule has 0 bridgehead atoms. The summed E-state index contributed by atoms with van der Waals surface area (Å²) in [6, 6.07) is 0. The van der Waals surface area contributed by atoms with Crippen LogP contribution in [0.4, 0.5) is 0 Å². The van der Waals surface area contributed by atoms with Gasteiger partial charge in [0.15, 0.2) is 0 Å². The quantitative estimate of drug-likeness (QED) is 0.493. The third-order valence-corrected chi connectivity index (χ3v) is 3.07. The van der Waals surface area contributed by atoms with Crippen LogP contribution in [0.5, 0.6) is 0 Å². The van der Waals surface area contributed by atoms with Gasteiger partial charge < -0.3 is 0 Å². The van der Waals surface area contributed by atoms with Crippen LogP contribution in [0, 0.1) is 5.41 Å². The summed E-state index contributed by atoms with van der Waals surface area (Å²) in [4.78, 5) is 10.5. The van der Waals surface area contributed by atoms with Gasteiger partial charge in [0.05, 0.1) is 0 Å². The number of carbonyl (C=O) groups excluding carboxylic acids is 1. The fourth-order valence-corrected chi connectivity index (χ4v) is 2.04. The molecule has 0 saturated heterocycles. The van der Waals surface area contributed by atoms with E-state index in [1.807, 2.05) is 13.0 Å². The third kappa shape index (κ3) is 2.92. The number of aldehydes is 1. The van der Waals surface area contributed by atoms with E-state index < -0.39 is 0 Å². The van der Waals surface area contributed by atoms with Gasteiger partial charge in [-0.3, -0.25) is 4.79 Å². The fraction of sp³-hybridized carbons (Fsp3) is 0.500. The summed E-state index contributed by atoms with van der Waals surface area (Å²) >= 11 is 0. The highest BCUT2D eigenvalue weighted by molar-refractivity contribution is 5.72. The Kier molecular flexibility index (Phi) is 3.67. The Morgan fingerprint density at radius 3 is 2.67 bits per heavy atom. The Morgan fingerprint density at radius 2 is 2.13 bits per heavy atom. The molecule has 0 unspecified atom stereocenters. The van der Waals surface area contributed by atoms with E-state index in [1.165, 1.54) is 17.6 Å². The summed E-state index contributed by atoms with van der Waals surface area (Å²) < 4.78 is 0. The van der Waals surface area contributed by atoms with E-state index in [1.54, 1.807) is 0 Å². The smallest absolute Gasteiger partial charge is 0.145 e. The van der Waals surface area contributed by atoms with Crippen molar-refractivity contribution in [3.05, 3.63) is 34.9 Å². The number of rotatable bonds is 2. The van der Waals surface area contributed by atoms with E-state index in [0.29, 0.717) is 0 Å². The maximum absolute atomic E-state index is 10.5. The lowest BCUT2D eigenvalue weighted by Crippen LogP contribution is -2.18. The van der Waals surface area contributed by atoms with Crippen LogP contribution in [0.1, 0.15) is 40.5 Å². The molecule has 0 atom stereocenters. The maximum Gasteiger partial charge on any atom is 0.145 e. The van der Waals surface area contributed by atoms with Crippen LogP contribution in [0.15, 0.2) is 34.9 Å². The SMILES string of the molecule is CC1=CCCC(C)(C)/C1=C\C=C(/C)C=O. The third-order valence-electron chi connectivity index (χ3n) is 3.07. The van der Waals surface area contributed by atoms with Crippen LogP contribution in [-0.4, -0.2) is 6.29 Å². The van der Waals surface area contributed by atoms with Crippen molar-refractivity contribution in [1.29, 1.82) is 0 Å². The van der Waals surface area contributed by atoms with E-state index in [9.17, 15) is 4.79 Å². The highest BCUT2D eigenvalue weighted by atomic mass is 16.1. The molecule has 15 heavy (non-hydrogen) atoms. The number of hydrogen-bond donors (Lipinski definition) is 0. The van der Waals surface area contributed by atoms with Crippen LogP contribution in [0.25, 0.3) is 0 Å². The molecule has 0 radical (unpaired) electrons. The Labute approximate surface area is 92.6 Å². The molecular weight excluding hydrogens is 184 g/mol. The van der Waals surface area contributed by atoms with Crippen molar-refractivity contribution >= 4 is 6.29 Å². The van der Waals surface area contributed by atoms with Gasteiger partial charge in [0.25, 0.3) is 0 Å². The van der Waals surface area contributed by atoms with Crippen molar-refractivity contribution in [2.75, 3.05) is 0 Å². The summed E-state index contributed by atoms with van der Waals surface area (Å²) in [6.45, 7) is 8.51. The first-order valence-electron chi connectivity index (χ1n) is 5.49. The molecule has 0 spiro atoms. The highest BCUT2D eigenvalue weighted by Gasteiger charge is 2.26. The zero-order valence-electron chi connectivity index (χ0n) is 10.1. The fourth-order valence-electron chi connectivity index (χ4n) is 2.04. The molecule has 82 valence electrons. The van der Waals surface area contributed by atoms with E-state index in [4.69, 9.17) is 0 Å². The molecule has 0 saturated carbocycles. The Bertz CT molecular complexity index is 340. The van der Waals surface area contributed by atoms with Crippen LogP contribution < -0.4 is 0 Å². The second-order valence-corrected chi connectivity index (χ2v) is 4.92. The van der Waals surface area contributed by atoms with Crippen LogP contribution in [-0.2, 0) is 4.79 Å². The molecule has 0 amide bonds. The lowest BCUT2D eigenvalue weighted by molar-refractivity contribution is -0.104. The second kappa shape index (κ2) is 4.61. The van der Waals surface area contributed by atoms with Gasteiger partial charge in [-0.15, -0.1) is 0 Å². The Hall–Kier alpha value is -1.11. The minimum atomic E-state index is 0.235. The van der Waals surface area contributed by atoms with Crippen molar-refractivity contribution in [3.8, 4) is 0 Å². The van der Waals surface area contributed by atoms with E-state index in [0.717, 1.165) is 18.3 Å². The van der Waals surface area contributed by atoms with Gasteiger partial charge in [0.2, 0.25) is 0 Å². The molecule has 0 aromatic heterocycles. The van der Waals surface area contributed by atoms with Crippen LogP contribution in [0.2, 0.25) is 0 Å². The lowest BCUT2D eigenvalue weighted by Gasteiger charge is -2.32. The minimum absolute atomic E-state index is 0.235. The second-order valence-electron chi connectivity index (χ2n) is 4.92. The molecule has 0 heterocycles. The first kappa shape index (κ1) is 12.0.